The Balaban J connectivity index is 1.25. The normalized spacial score (nSPS) is 17.1. The van der Waals surface area contributed by atoms with E-state index >= 15 is 0 Å². The van der Waals surface area contributed by atoms with Crippen LogP contribution in [-0.4, -0.2) is 12.6 Å². The smallest absolute Gasteiger partial charge is 0.343 e. The summed E-state index contributed by atoms with van der Waals surface area (Å²) in [6.45, 7) is 2.95. The Morgan fingerprint density at radius 2 is 1.42 bits per heavy atom. The first-order valence-corrected chi connectivity index (χ1v) is 14.7. The number of rotatable bonds is 16. The molecule has 0 amide bonds. The van der Waals surface area contributed by atoms with Crippen LogP contribution < -0.4 is 9.47 Å². The van der Waals surface area contributed by atoms with Crippen LogP contribution in [0.25, 0.3) is 0 Å². The molecule has 4 nitrogen and oxygen atoms in total. The van der Waals surface area contributed by atoms with Crippen molar-refractivity contribution < 1.29 is 18.7 Å². The van der Waals surface area contributed by atoms with E-state index in [0.29, 0.717) is 12.2 Å². The average molecular weight is 522 g/mol. The van der Waals surface area contributed by atoms with Crippen molar-refractivity contribution in [3.63, 3.8) is 0 Å². The zero-order valence-electron chi connectivity index (χ0n) is 23.1. The van der Waals surface area contributed by atoms with Gasteiger partial charge in [-0.25, -0.2) is 9.18 Å². The highest BCUT2D eigenvalue weighted by Gasteiger charge is 2.20. The lowest BCUT2D eigenvalue weighted by molar-refractivity contribution is 0.0734. The fraction of sp³-hybridized carbons (Fsp3) is 0.576. The van der Waals surface area contributed by atoms with E-state index in [1.807, 2.05) is 0 Å². The van der Waals surface area contributed by atoms with E-state index in [-0.39, 0.29) is 11.3 Å². The molecule has 0 spiro atoms. The zero-order valence-corrected chi connectivity index (χ0v) is 23.1. The van der Waals surface area contributed by atoms with Gasteiger partial charge >= 0.3 is 5.97 Å². The van der Waals surface area contributed by atoms with Gasteiger partial charge in [-0.2, -0.15) is 5.26 Å². The number of nitriles is 1. The Labute approximate surface area is 228 Å². The first kappa shape index (κ1) is 29.7. The van der Waals surface area contributed by atoms with E-state index in [1.165, 1.54) is 102 Å². The van der Waals surface area contributed by atoms with Crippen LogP contribution in [0.15, 0.2) is 42.5 Å². The third-order valence-corrected chi connectivity index (χ3v) is 7.82. The van der Waals surface area contributed by atoms with Gasteiger partial charge in [-0.1, -0.05) is 90.4 Å². The predicted octanol–water partition coefficient (Wildman–Crippen LogP) is 9.41. The molecular formula is C33H44FNO3. The van der Waals surface area contributed by atoms with Gasteiger partial charge in [-0.15, -0.1) is 0 Å². The number of carbonyl (C=O) groups excluding carboxylic acids is 1. The standard InChI is InChI=1S/C33H44FNO3/c1-2-3-4-5-6-7-8-9-11-26-13-15-27(16-14-26)12-10-23-37-30-20-17-28(18-21-30)33(36)38-31-22-19-29(25-35)32(34)24-31/h17-22,24,26-27H,2-16,23H2,1H3. The Morgan fingerprint density at radius 3 is 2.03 bits per heavy atom. The molecule has 0 saturated heterocycles. The zero-order chi connectivity index (χ0) is 27.0. The summed E-state index contributed by atoms with van der Waals surface area (Å²) in [7, 11) is 0. The molecule has 0 unspecified atom stereocenters. The van der Waals surface area contributed by atoms with Crippen molar-refractivity contribution in [2.45, 2.75) is 103 Å². The van der Waals surface area contributed by atoms with E-state index in [0.717, 1.165) is 30.1 Å². The average Bonchev–Trinajstić information content (AvgIpc) is 2.94. The van der Waals surface area contributed by atoms with Crippen molar-refractivity contribution in [1.29, 1.82) is 5.26 Å². The summed E-state index contributed by atoms with van der Waals surface area (Å²) in [5, 5.41) is 8.80. The largest absolute Gasteiger partial charge is 0.494 e. The van der Waals surface area contributed by atoms with Gasteiger partial charge in [-0.05, 0) is 61.1 Å². The monoisotopic (exact) mass is 521 g/mol. The van der Waals surface area contributed by atoms with Crippen molar-refractivity contribution in [2.24, 2.45) is 11.8 Å². The van der Waals surface area contributed by atoms with Gasteiger partial charge in [0, 0.05) is 6.07 Å². The molecule has 5 heteroatoms. The predicted molar refractivity (Wildman–Crippen MR) is 150 cm³/mol. The summed E-state index contributed by atoms with van der Waals surface area (Å²) in [6.07, 6.45) is 20.5. The van der Waals surface area contributed by atoms with Crippen molar-refractivity contribution in [1.82, 2.24) is 0 Å². The number of halogens is 1. The van der Waals surface area contributed by atoms with Crippen LogP contribution in [0.4, 0.5) is 4.39 Å². The summed E-state index contributed by atoms with van der Waals surface area (Å²) in [6, 6.07) is 12.3. The van der Waals surface area contributed by atoms with Gasteiger partial charge in [0.2, 0.25) is 0 Å². The Bertz CT molecular complexity index is 1010. The highest BCUT2D eigenvalue weighted by Crippen LogP contribution is 2.34. The van der Waals surface area contributed by atoms with Crippen LogP contribution in [0.1, 0.15) is 119 Å². The van der Waals surface area contributed by atoms with Crippen LogP contribution in [-0.2, 0) is 0 Å². The molecule has 0 heterocycles. The number of unbranched alkanes of at least 4 members (excludes halogenated alkanes) is 7. The summed E-state index contributed by atoms with van der Waals surface area (Å²) in [5.41, 5.74) is 0.263. The summed E-state index contributed by atoms with van der Waals surface area (Å²) < 4.78 is 24.8. The van der Waals surface area contributed by atoms with E-state index in [1.54, 1.807) is 30.3 Å². The van der Waals surface area contributed by atoms with Gasteiger partial charge < -0.3 is 9.47 Å². The lowest BCUT2D eigenvalue weighted by atomic mass is 9.78. The molecule has 0 bridgehead atoms. The van der Waals surface area contributed by atoms with Crippen molar-refractivity contribution in [3.8, 4) is 17.6 Å². The van der Waals surface area contributed by atoms with Crippen molar-refractivity contribution >= 4 is 5.97 Å². The quantitative estimate of drug-likeness (QED) is 0.125. The third-order valence-electron chi connectivity index (χ3n) is 7.82. The molecule has 0 atom stereocenters. The molecule has 0 aliphatic heterocycles. The molecule has 38 heavy (non-hydrogen) atoms. The molecule has 2 aromatic rings. The van der Waals surface area contributed by atoms with Gasteiger partial charge in [0.15, 0.2) is 0 Å². The summed E-state index contributed by atoms with van der Waals surface area (Å²) >= 11 is 0. The molecule has 2 aromatic carbocycles. The number of hydrogen-bond donors (Lipinski definition) is 0. The van der Waals surface area contributed by atoms with Gasteiger partial charge in [0.05, 0.1) is 17.7 Å². The fourth-order valence-electron chi connectivity index (χ4n) is 5.44. The Kier molecular flexibility index (Phi) is 13.2. The van der Waals surface area contributed by atoms with Gasteiger partial charge in [0.1, 0.15) is 23.4 Å². The Hall–Kier alpha value is -2.87. The second-order valence-electron chi connectivity index (χ2n) is 10.8. The second kappa shape index (κ2) is 16.9. The molecule has 206 valence electrons. The number of carbonyl (C=O) groups is 1. The summed E-state index contributed by atoms with van der Waals surface area (Å²) in [4.78, 5) is 12.3. The molecule has 3 rings (SSSR count). The SMILES string of the molecule is CCCCCCCCCCC1CCC(CCCOc2ccc(C(=O)Oc3ccc(C#N)c(F)c3)cc2)CC1. The lowest BCUT2D eigenvalue weighted by Gasteiger charge is -2.28. The van der Waals surface area contributed by atoms with Crippen molar-refractivity contribution in [2.75, 3.05) is 6.61 Å². The molecule has 1 aliphatic carbocycles. The highest BCUT2D eigenvalue weighted by molar-refractivity contribution is 5.91. The Morgan fingerprint density at radius 1 is 0.842 bits per heavy atom. The minimum Gasteiger partial charge on any atom is -0.494 e. The maximum atomic E-state index is 13.7. The molecule has 0 radical (unpaired) electrons. The maximum Gasteiger partial charge on any atom is 0.343 e. The molecule has 0 aromatic heterocycles. The van der Waals surface area contributed by atoms with Crippen LogP contribution in [0.5, 0.6) is 11.5 Å². The highest BCUT2D eigenvalue weighted by atomic mass is 19.1. The first-order chi connectivity index (χ1) is 18.6. The van der Waals surface area contributed by atoms with Gasteiger partial charge in [-0.3, -0.25) is 0 Å². The number of esters is 1. The van der Waals surface area contributed by atoms with Crippen LogP contribution in [0, 0.1) is 29.0 Å². The molecular weight excluding hydrogens is 477 g/mol. The van der Waals surface area contributed by atoms with Crippen LogP contribution >= 0.6 is 0 Å². The number of ether oxygens (including phenoxy) is 2. The minimum absolute atomic E-state index is 0.0639. The molecule has 0 N–H and O–H groups in total. The summed E-state index contributed by atoms with van der Waals surface area (Å²) in [5.74, 6) is 1.27. The fourth-order valence-corrected chi connectivity index (χ4v) is 5.44. The number of hydrogen-bond acceptors (Lipinski definition) is 4. The number of nitrogens with zero attached hydrogens (tertiary/aromatic N) is 1. The number of benzene rings is 2. The third kappa shape index (κ3) is 10.5. The lowest BCUT2D eigenvalue weighted by Crippen LogP contribution is -2.15. The van der Waals surface area contributed by atoms with E-state index < -0.39 is 11.8 Å². The molecule has 1 saturated carbocycles. The van der Waals surface area contributed by atoms with Crippen molar-refractivity contribution in [3.05, 3.63) is 59.4 Å². The topological polar surface area (TPSA) is 59.3 Å². The van der Waals surface area contributed by atoms with E-state index in [2.05, 4.69) is 6.92 Å². The minimum atomic E-state index is -0.714. The molecule has 1 aliphatic rings. The van der Waals surface area contributed by atoms with Crippen LogP contribution in [0.2, 0.25) is 0 Å². The van der Waals surface area contributed by atoms with Gasteiger partial charge in [0.25, 0.3) is 0 Å². The van der Waals surface area contributed by atoms with E-state index in [4.69, 9.17) is 14.7 Å². The maximum absolute atomic E-state index is 13.7. The van der Waals surface area contributed by atoms with Crippen LogP contribution in [0.3, 0.4) is 0 Å². The van der Waals surface area contributed by atoms with E-state index in [9.17, 15) is 9.18 Å². The second-order valence-corrected chi connectivity index (χ2v) is 10.8. The molecule has 1 fully saturated rings. The first-order valence-electron chi connectivity index (χ1n) is 14.7.